The van der Waals surface area contributed by atoms with Crippen LogP contribution in [0.5, 0.6) is 0 Å². The molecule has 10 heteroatoms. The molecule has 2 rings (SSSR count). The molecule has 2 aromatic heterocycles. The first-order chi connectivity index (χ1) is 9.72. The zero-order valence-electron chi connectivity index (χ0n) is 10.8. The van der Waals surface area contributed by atoms with Crippen molar-refractivity contribution in [1.29, 1.82) is 0 Å². The molecule has 2 aromatic rings. The number of hydrogen-bond acceptors (Lipinski definition) is 5. The number of aliphatic hydroxyl groups is 1. The summed E-state index contributed by atoms with van der Waals surface area (Å²) >= 11 is 1.05. The van der Waals surface area contributed by atoms with E-state index in [1.165, 1.54) is 17.1 Å². The molecule has 0 aliphatic carbocycles. The van der Waals surface area contributed by atoms with Crippen LogP contribution >= 0.6 is 11.3 Å². The number of carbonyl (C=O) groups is 1. The lowest BCUT2D eigenvalue weighted by molar-refractivity contribution is -0.249. The zero-order chi connectivity index (χ0) is 15.7. The summed E-state index contributed by atoms with van der Waals surface area (Å²) in [5, 5.41) is 20.3. The summed E-state index contributed by atoms with van der Waals surface area (Å²) in [6, 6.07) is 1.59. The minimum absolute atomic E-state index is 0.179. The molecule has 1 amide bonds. The van der Waals surface area contributed by atoms with Crippen molar-refractivity contribution in [3.05, 3.63) is 28.7 Å². The Kier molecular flexibility index (Phi) is 4.01. The number of rotatable bonds is 4. The summed E-state index contributed by atoms with van der Waals surface area (Å²) in [4.78, 5) is 12.1. The number of amides is 1. The fourth-order valence-corrected chi connectivity index (χ4v) is 2.22. The summed E-state index contributed by atoms with van der Waals surface area (Å²) in [5.41, 5.74) is -2.59. The van der Waals surface area contributed by atoms with Gasteiger partial charge in [-0.05, 0) is 18.4 Å². The van der Waals surface area contributed by atoms with Crippen molar-refractivity contribution in [2.24, 2.45) is 0 Å². The molecule has 0 bridgehead atoms. The van der Waals surface area contributed by atoms with Crippen molar-refractivity contribution >= 4 is 17.2 Å². The third kappa shape index (κ3) is 3.22. The molecule has 0 spiro atoms. The Balaban J connectivity index is 2.11. The third-order valence-corrected chi connectivity index (χ3v) is 3.63. The Morgan fingerprint density at radius 3 is 2.81 bits per heavy atom. The highest BCUT2D eigenvalue weighted by Crippen LogP contribution is 2.29. The predicted molar refractivity (Wildman–Crippen MR) is 68.2 cm³/mol. The average molecular weight is 320 g/mol. The van der Waals surface area contributed by atoms with Gasteiger partial charge in [-0.3, -0.25) is 4.79 Å². The second kappa shape index (κ2) is 5.45. The topological polar surface area (TPSA) is 80.0 Å². The van der Waals surface area contributed by atoms with Crippen LogP contribution < -0.4 is 5.32 Å². The van der Waals surface area contributed by atoms with Crippen LogP contribution in [0.2, 0.25) is 0 Å². The van der Waals surface area contributed by atoms with Gasteiger partial charge >= 0.3 is 6.18 Å². The lowest BCUT2D eigenvalue weighted by atomic mass is 10.1. The van der Waals surface area contributed by atoms with E-state index in [1.54, 1.807) is 11.4 Å². The SMILES string of the molecule is C[C@@](O)(CNC(=O)c1sccc1-n1ccnn1)C(F)(F)F. The number of halogens is 3. The standard InChI is InChI=1S/C11H11F3N4O2S/c1-10(20,11(12,13)14)6-15-9(19)8-7(2-5-21-8)18-4-3-16-17-18/h2-5,20H,6H2,1H3,(H,15,19)/t10-/m1/s1. The smallest absolute Gasteiger partial charge is 0.379 e. The van der Waals surface area contributed by atoms with Crippen molar-refractivity contribution in [2.75, 3.05) is 6.54 Å². The first kappa shape index (κ1) is 15.4. The summed E-state index contributed by atoms with van der Waals surface area (Å²) in [6.07, 6.45) is -1.91. The van der Waals surface area contributed by atoms with E-state index in [-0.39, 0.29) is 4.88 Å². The van der Waals surface area contributed by atoms with E-state index in [4.69, 9.17) is 0 Å². The van der Waals surface area contributed by atoms with E-state index in [0.717, 1.165) is 11.3 Å². The summed E-state index contributed by atoms with van der Waals surface area (Å²) < 4.78 is 38.9. The molecule has 0 aromatic carbocycles. The number of aromatic nitrogens is 3. The van der Waals surface area contributed by atoms with E-state index in [2.05, 4.69) is 15.6 Å². The van der Waals surface area contributed by atoms with Crippen molar-refractivity contribution in [3.63, 3.8) is 0 Å². The Morgan fingerprint density at radius 2 is 2.24 bits per heavy atom. The molecule has 0 fully saturated rings. The third-order valence-electron chi connectivity index (χ3n) is 2.72. The van der Waals surface area contributed by atoms with Crippen molar-refractivity contribution in [1.82, 2.24) is 20.3 Å². The summed E-state index contributed by atoms with van der Waals surface area (Å²) in [6.45, 7) is -0.343. The van der Waals surface area contributed by atoms with Crippen LogP contribution in [0.3, 0.4) is 0 Å². The van der Waals surface area contributed by atoms with E-state index < -0.39 is 24.2 Å². The highest BCUT2D eigenvalue weighted by molar-refractivity contribution is 7.12. The average Bonchev–Trinajstić information content (AvgIpc) is 3.04. The molecule has 2 heterocycles. The molecule has 6 nitrogen and oxygen atoms in total. The molecule has 0 unspecified atom stereocenters. The Morgan fingerprint density at radius 1 is 1.52 bits per heavy atom. The van der Waals surface area contributed by atoms with Gasteiger partial charge in [0.15, 0.2) is 5.60 Å². The van der Waals surface area contributed by atoms with Gasteiger partial charge < -0.3 is 10.4 Å². The normalized spacial score (nSPS) is 14.7. The fourth-order valence-electron chi connectivity index (χ4n) is 1.42. The highest BCUT2D eigenvalue weighted by Gasteiger charge is 2.50. The van der Waals surface area contributed by atoms with Crippen LogP contribution in [0, 0.1) is 0 Å². The summed E-state index contributed by atoms with van der Waals surface area (Å²) in [5.74, 6) is -0.722. The molecule has 0 saturated heterocycles. The number of nitrogens with one attached hydrogen (secondary N) is 1. The molecule has 0 saturated carbocycles. The quantitative estimate of drug-likeness (QED) is 0.892. The van der Waals surface area contributed by atoms with Crippen molar-refractivity contribution < 1.29 is 23.1 Å². The molecule has 1 atom stereocenters. The molecular formula is C11H11F3N4O2S. The molecule has 114 valence electrons. The van der Waals surface area contributed by atoms with Crippen LogP contribution in [0.25, 0.3) is 5.69 Å². The van der Waals surface area contributed by atoms with Gasteiger partial charge in [-0.25, -0.2) is 4.68 Å². The Hall–Kier alpha value is -1.94. The molecule has 2 N–H and O–H groups in total. The van der Waals surface area contributed by atoms with Gasteiger partial charge in [0.2, 0.25) is 0 Å². The maximum absolute atomic E-state index is 12.5. The maximum Gasteiger partial charge on any atom is 0.418 e. The Bertz CT molecular complexity index is 622. The van der Waals surface area contributed by atoms with E-state index in [0.29, 0.717) is 12.6 Å². The van der Waals surface area contributed by atoms with Crippen LogP contribution in [0.15, 0.2) is 23.8 Å². The van der Waals surface area contributed by atoms with Gasteiger partial charge in [0.25, 0.3) is 5.91 Å². The molecule has 0 radical (unpaired) electrons. The van der Waals surface area contributed by atoms with Gasteiger partial charge in [0.05, 0.1) is 24.6 Å². The largest absolute Gasteiger partial charge is 0.418 e. The van der Waals surface area contributed by atoms with E-state index in [1.807, 2.05) is 0 Å². The first-order valence-electron chi connectivity index (χ1n) is 5.74. The van der Waals surface area contributed by atoms with Crippen LogP contribution in [0.4, 0.5) is 13.2 Å². The molecule has 0 aliphatic rings. The van der Waals surface area contributed by atoms with Crippen molar-refractivity contribution in [2.45, 2.75) is 18.7 Å². The molecule has 0 aliphatic heterocycles. The first-order valence-corrected chi connectivity index (χ1v) is 6.62. The minimum Gasteiger partial charge on any atom is -0.379 e. The van der Waals surface area contributed by atoms with Gasteiger partial charge in [0, 0.05) is 0 Å². The summed E-state index contributed by atoms with van der Waals surface area (Å²) in [7, 11) is 0. The van der Waals surface area contributed by atoms with Crippen LogP contribution in [-0.2, 0) is 0 Å². The molecular weight excluding hydrogens is 309 g/mol. The highest BCUT2D eigenvalue weighted by atomic mass is 32.1. The second-order valence-corrected chi connectivity index (χ2v) is 5.35. The van der Waals surface area contributed by atoms with Gasteiger partial charge in [0.1, 0.15) is 4.88 Å². The van der Waals surface area contributed by atoms with Gasteiger partial charge in [-0.1, -0.05) is 5.21 Å². The number of nitrogens with zero attached hydrogens (tertiary/aromatic N) is 3. The second-order valence-electron chi connectivity index (χ2n) is 4.44. The van der Waals surface area contributed by atoms with Crippen LogP contribution in [0.1, 0.15) is 16.6 Å². The number of hydrogen-bond donors (Lipinski definition) is 2. The van der Waals surface area contributed by atoms with Gasteiger partial charge in [-0.15, -0.1) is 16.4 Å². The number of alkyl halides is 3. The lowest BCUT2D eigenvalue weighted by Crippen LogP contribution is -2.51. The van der Waals surface area contributed by atoms with E-state index >= 15 is 0 Å². The monoisotopic (exact) mass is 320 g/mol. The number of carbonyl (C=O) groups excluding carboxylic acids is 1. The maximum atomic E-state index is 12.5. The lowest BCUT2D eigenvalue weighted by Gasteiger charge is -2.26. The minimum atomic E-state index is -4.83. The number of thiophene rings is 1. The Labute approximate surface area is 121 Å². The predicted octanol–water partition coefficient (Wildman–Crippen LogP) is 1.37. The van der Waals surface area contributed by atoms with E-state index in [9.17, 15) is 23.1 Å². The molecule has 21 heavy (non-hydrogen) atoms. The fraction of sp³-hybridized carbons (Fsp3) is 0.364. The van der Waals surface area contributed by atoms with Crippen molar-refractivity contribution in [3.8, 4) is 5.69 Å². The van der Waals surface area contributed by atoms with Gasteiger partial charge in [-0.2, -0.15) is 13.2 Å². The van der Waals surface area contributed by atoms with Crippen LogP contribution in [-0.4, -0.2) is 44.3 Å². The zero-order valence-corrected chi connectivity index (χ0v) is 11.6.